The predicted molar refractivity (Wildman–Crippen MR) is 78.7 cm³/mol. The van der Waals surface area contributed by atoms with Crippen molar-refractivity contribution in [2.24, 2.45) is 0 Å². The molecule has 0 saturated heterocycles. The molecule has 0 atom stereocenters. The van der Waals surface area contributed by atoms with Crippen LogP contribution in [0, 0.1) is 0 Å². The summed E-state index contributed by atoms with van der Waals surface area (Å²) in [6.45, 7) is 10.2. The van der Waals surface area contributed by atoms with Crippen molar-refractivity contribution < 1.29 is 13.3 Å². The van der Waals surface area contributed by atoms with Crippen LogP contribution in [0.3, 0.4) is 0 Å². The molecule has 0 amide bonds. The Hall–Kier alpha value is -0.163. The summed E-state index contributed by atoms with van der Waals surface area (Å²) in [4.78, 5) is 0. The Balaban J connectivity index is 4.16. The average Bonchev–Trinajstić information content (AvgIpc) is 2.35. The molecule has 0 radical (unpaired) electrons. The monoisotopic (exact) mass is 274 g/mol. The standard InChI is InChI=1S/C14H30O3Si/c1-5-9-10-11-12-13-14-18(15-6-2,16-7-3)17-8-4/h11-12H,5-10,13-14H2,1-4H3. The SMILES string of the molecule is CCCCC=CCC[Si](OCC)(OCC)OCC. The highest BCUT2D eigenvalue weighted by molar-refractivity contribution is 6.60. The molecule has 0 aromatic rings. The Morgan fingerprint density at radius 3 is 1.72 bits per heavy atom. The topological polar surface area (TPSA) is 27.7 Å². The minimum atomic E-state index is -2.42. The van der Waals surface area contributed by atoms with E-state index in [1.165, 1.54) is 19.3 Å². The van der Waals surface area contributed by atoms with Gasteiger partial charge in [0.1, 0.15) is 0 Å². The average molecular weight is 274 g/mol. The molecule has 0 N–H and O–H groups in total. The molecule has 0 spiro atoms. The summed E-state index contributed by atoms with van der Waals surface area (Å²) >= 11 is 0. The molecule has 108 valence electrons. The van der Waals surface area contributed by atoms with E-state index < -0.39 is 8.80 Å². The zero-order valence-corrected chi connectivity index (χ0v) is 13.5. The third-order valence-electron chi connectivity index (χ3n) is 2.60. The largest absolute Gasteiger partial charge is 0.501 e. The number of allylic oxidation sites excluding steroid dienone is 2. The summed E-state index contributed by atoms with van der Waals surface area (Å²) in [5.41, 5.74) is 0. The summed E-state index contributed by atoms with van der Waals surface area (Å²) < 4.78 is 17.4. The maximum atomic E-state index is 5.80. The van der Waals surface area contributed by atoms with Crippen LogP contribution in [0.5, 0.6) is 0 Å². The first-order valence-electron chi connectivity index (χ1n) is 7.31. The van der Waals surface area contributed by atoms with Gasteiger partial charge < -0.3 is 13.3 Å². The maximum absolute atomic E-state index is 5.80. The molecular formula is C14H30O3Si. The van der Waals surface area contributed by atoms with E-state index in [0.717, 1.165) is 12.5 Å². The zero-order chi connectivity index (χ0) is 13.7. The molecule has 4 heteroatoms. The molecule has 0 aliphatic carbocycles. The van der Waals surface area contributed by atoms with Gasteiger partial charge in [-0.3, -0.25) is 0 Å². The van der Waals surface area contributed by atoms with Crippen molar-refractivity contribution >= 4 is 8.80 Å². The predicted octanol–water partition coefficient (Wildman–Crippen LogP) is 4.17. The summed E-state index contributed by atoms with van der Waals surface area (Å²) in [5, 5.41) is 0. The van der Waals surface area contributed by atoms with Crippen LogP contribution in [0.4, 0.5) is 0 Å². The van der Waals surface area contributed by atoms with Crippen LogP contribution in [-0.4, -0.2) is 28.6 Å². The fraction of sp³-hybridized carbons (Fsp3) is 0.857. The van der Waals surface area contributed by atoms with Crippen LogP contribution >= 0.6 is 0 Å². The minimum absolute atomic E-state index is 0.659. The van der Waals surface area contributed by atoms with Crippen molar-refractivity contribution in [2.75, 3.05) is 19.8 Å². The number of unbranched alkanes of at least 4 members (excludes halogenated alkanes) is 2. The summed E-state index contributed by atoms with van der Waals surface area (Å²) in [6, 6.07) is 0.880. The van der Waals surface area contributed by atoms with Gasteiger partial charge in [0.25, 0.3) is 0 Å². The highest BCUT2D eigenvalue weighted by Crippen LogP contribution is 2.18. The molecule has 0 bridgehead atoms. The zero-order valence-electron chi connectivity index (χ0n) is 12.5. The Morgan fingerprint density at radius 2 is 1.28 bits per heavy atom. The van der Waals surface area contributed by atoms with Crippen molar-refractivity contribution in [2.45, 2.75) is 59.4 Å². The maximum Gasteiger partial charge on any atom is 0.501 e. The van der Waals surface area contributed by atoms with Gasteiger partial charge in [0, 0.05) is 25.9 Å². The smallest absolute Gasteiger partial charge is 0.374 e. The molecule has 0 unspecified atom stereocenters. The first-order chi connectivity index (χ1) is 8.74. The lowest BCUT2D eigenvalue weighted by Crippen LogP contribution is -2.45. The van der Waals surface area contributed by atoms with Gasteiger partial charge in [-0.1, -0.05) is 31.9 Å². The Labute approximate surface area is 114 Å². The lowest BCUT2D eigenvalue weighted by Gasteiger charge is -2.28. The van der Waals surface area contributed by atoms with Crippen molar-refractivity contribution in [1.29, 1.82) is 0 Å². The van der Waals surface area contributed by atoms with E-state index in [2.05, 4.69) is 19.1 Å². The van der Waals surface area contributed by atoms with Crippen LogP contribution in [0.1, 0.15) is 53.4 Å². The van der Waals surface area contributed by atoms with Gasteiger partial charge >= 0.3 is 8.80 Å². The molecule has 3 nitrogen and oxygen atoms in total. The molecule has 18 heavy (non-hydrogen) atoms. The Bertz CT molecular complexity index is 190. The van der Waals surface area contributed by atoms with Gasteiger partial charge in [-0.25, -0.2) is 0 Å². The number of rotatable bonds is 12. The molecular weight excluding hydrogens is 244 g/mol. The van der Waals surface area contributed by atoms with E-state index >= 15 is 0 Å². The first kappa shape index (κ1) is 17.8. The second kappa shape index (κ2) is 11.9. The molecule has 0 fully saturated rings. The van der Waals surface area contributed by atoms with Gasteiger partial charge in [-0.2, -0.15) is 0 Å². The molecule has 0 saturated carbocycles. The van der Waals surface area contributed by atoms with Crippen LogP contribution in [-0.2, 0) is 13.3 Å². The van der Waals surface area contributed by atoms with E-state index in [9.17, 15) is 0 Å². The number of hydrogen-bond acceptors (Lipinski definition) is 3. The highest BCUT2D eigenvalue weighted by atomic mass is 28.4. The van der Waals surface area contributed by atoms with Crippen molar-refractivity contribution in [3.05, 3.63) is 12.2 Å². The fourth-order valence-electron chi connectivity index (χ4n) is 1.82. The van der Waals surface area contributed by atoms with Gasteiger partial charge in [0.15, 0.2) is 0 Å². The van der Waals surface area contributed by atoms with Crippen molar-refractivity contribution in [3.63, 3.8) is 0 Å². The van der Waals surface area contributed by atoms with E-state index in [-0.39, 0.29) is 0 Å². The summed E-state index contributed by atoms with van der Waals surface area (Å²) in [6.07, 6.45) is 9.15. The molecule has 0 aliphatic heterocycles. The van der Waals surface area contributed by atoms with Gasteiger partial charge in [0.2, 0.25) is 0 Å². The quantitative estimate of drug-likeness (QED) is 0.304. The normalized spacial score (nSPS) is 12.4. The molecule has 0 aromatic carbocycles. The van der Waals surface area contributed by atoms with Gasteiger partial charge in [-0.15, -0.1) is 0 Å². The van der Waals surface area contributed by atoms with E-state index in [1.54, 1.807) is 0 Å². The third-order valence-corrected chi connectivity index (χ3v) is 5.69. The third kappa shape index (κ3) is 8.03. The van der Waals surface area contributed by atoms with Crippen LogP contribution in [0.2, 0.25) is 6.04 Å². The minimum Gasteiger partial charge on any atom is -0.374 e. The number of hydrogen-bond donors (Lipinski definition) is 0. The van der Waals surface area contributed by atoms with Gasteiger partial charge in [0.05, 0.1) is 0 Å². The lowest BCUT2D eigenvalue weighted by atomic mass is 10.2. The Morgan fingerprint density at radius 1 is 0.778 bits per heavy atom. The van der Waals surface area contributed by atoms with Crippen molar-refractivity contribution in [1.82, 2.24) is 0 Å². The van der Waals surface area contributed by atoms with Gasteiger partial charge in [-0.05, 0) is 33.6 Å². The molecule has 0 heterocycles. The second-order valence-electron chi connectivity index (χ2n) is 4.13. The Kier molecular flexibility index (Phi) is 11.8. The summed E-state index contributed by atoms with van der Waals surface area (Å²) in [7, 11) is -2.42. The lowest BCUT2D eigenvalue weighted by molar-refractivity contribution is 0.0716. The van der Waals surface area contributed by atoms with E-state index in [1.807, 2.05) is 20.8 Å². The summed E-state index contributed by atoms with van der Waals surface area (Å²) in [5.74, 6) is 0. The van der Waals surface area contributed by atoms with E-state index in [0.29, 0.717) is 19.8 Å². The molecule has 0 aromatic heterocycles. The highest BCUT2D eigenvalue weighted by Gasteiger charge is 2.39. The van der Waals surface area contributed by atoms with E-state index in [4.69, 9.17) is 13.3 Å². The second-order valence-corrected chi connectivity index (χ2v) is 6.87. The first-order valence-corrected chi connectivity index (χ1v) is 9.24. The molecule has 0 rings (SSSR count). The van der Waals surface area contributed by atoms with Crippen LogP contribution < -0.4 is 0 Å². The van der Waals surface area contributed by atoms with Crippen molar-refractivity contribution in [3.8, 4) is 0 Å². The fourth-order valence-corrected chi connectivity index (χ4v) is 4.34. The van der Waals surface area contributed by atoms with Crippen LogP contribution in [0.25, 0.3) is 0 Å². The van der Waals surface area contributed by atoms with Crippen LogP contribution in [0.15, 0.2) is 12.2 Å². The molecule has 0 aliphatic rings.